The minimum absolute atomic E-state index is 0.205. The van der Waals surface area contributed by atoms with E-state index in [1.165, 1.54) is 0 Å². The maximum atomic E-state index is 9.38. The molecule has 0 aliphatic rings. The summed E-state index contributed by atoms with van der Waals surface area (Å²) < 4.78 is 4.92. The number of methoxy groups -OCH3 is 1. The second-order valence-corrected chi connectivity index (χ2v) is 3.24. The predicted octanol–water partition coefficient (Wildman–Crippen LogP) is 2.34. The van der Waals surface area contributed by atoms with E-state index in [0.29, 0.717) is 5.75 Å². The lowest BCUT2D eigenvalue weighted by Gasteiger charge is -2.04. The summed E-state index contributed by atoms with van der Waals surface area (Å²) in [6, 6.07) is 5.44. The molecule has 2 nitrogen and oxygen atoms in total. The summed E-state index contributed by atoms with van der Waals surface area (Å²) in [6.45, 7) is 0. The van der Waals surface area contributed by atoms with Gasteiger partial charge in [-0.2, -0.15) is 0 Å². The van der Waals surface area contributed by atoms with Crippen LogP contribution in [0.5, 0.6) is 11.5 Å². The minimum atomic E-state index is 0.205. The van der Waals surface area contributed by atoms with Gasteiger partial charge in [-0.05, 0) is 24.1 Å². The van der Waals surface area contributed by atoms with Gasteiger partial charge in [0.2, 0.25) is 0 Å². The van der Waals surface area contributed by atoms with Gasteiger partial charge in [-0.3, -0.25) is 0 Å². The molecule has 0 unspecified atom stereocenters. The molecular formula is C9H11BrO2. The van der Waals surface area contributed by atoms with E-state index in [2.05, 4.69) is 15.9 Å². The maximum absolute atomic E-state index is 9.38. The van der Waals surface area contributed by atoms with Crippen molar-refractivity contribution in [3.05, 3.63) is 23.8 Å². The first-order chi connectivity index (χ1) is 5.77. The molecule has 0 fully saturated rings. The molecular weight excluding hydrogens is 220 g/mol. The van der Waals surface area contributed by atoms with Gasteiger partial charge in [-0.25, -0.2) is 0 Å². The highest BCUT2D eigenvalue weighted by atomic mass is 79.9. The van der Waals surface area contributed by atoms with Crippen LogP contribution in [0, 0.1) is 0 Å². The van der Waals surface area contributed by atoms with E-state index in [-0.39, 0.29) is 5.75 Å². The van der Waals surface area contributed by atoms with Crippen molar-refractivity contribution in [1.29, 1.82) is 0 Å². The third-order valence-electron chi connectivity index (χ3n) is 1.63. The normalized spacial score (nSPS) is 9.83. The van der Waals surface area contributed by atoms with Crippen molar-refractivity contribution in [3.63, 3.8) is 0 Å². The quantitative estimate of drug-likeness (QED) is 0.809. The molecule has 1 N–H and O–H groups in total. The van der Waals surface area contributed by atoms with E-state index in [4.69, 9.17) is 4.74 Å². The molecule has 1 aromatic carbocycles. The zero-order chi connectivity index (χ0) is 8.97. The third-order valence-corrected chi connectivity index (χ3v) is 2.02. The fourth-order valence-electron chi connectivity index (χ4n) is 1.00. The molecule has 0 saturated heterocycles. The summed E-state index contributed by atoms with van der Waals surface area (Å²) in [7, 11) is 1.54. The predicted molar refractivity (Wildman–Crippen MR) is 52.2 cm³/mol. The molecule has 0 atom stereocenters. The van der Waals surface area contributed by atoms with Crippen LogP contribution in [0.25, 0.3) is 0 Å². The van der Waals surface area contributed by atoms with Crippen LogP contribution >= 0.6 is 15.9 Å². The summed E-state index contributed by atoms with van der Waals surface area (Å²) in [4.78, 5) is 0. The number of phenols is 1. The van der Waals surface area contributed by atoms with Gasteiger partial charge in [0.15, 0.2) is 11.5 Å². The van der Waals surface area contributed by atoms with Gasteiger partial charge in [0, 0.05) is 5.33 Å². The van der Waals surface area contributed by atoms with Crippen molar-refractivity contribution >= 4 is 15.9 Å². The Labute approximate surface area is 80.3 Å². The first-order valence-electron chi connectivity index (χ1n) is 3.69. The first kappa shape index (κ1) is 9.39. The van der Waals surface area contributed by atoms with Crippen LogP contribution in [0.15, 0.2) is 18.2 Å². The third kappa shape index (κ3) is 2.14. The van der Waals surface area contributed by atoms with Crippen LogP contribution in [-0.2, 0) is 6.42 Å². The van der Waals surface area contributed by atoms with Gasteiger partial charge < -0.3 is 9.84 Å². The largest absolute Gasteiger partial charge is 0.504 e. The number of benzene rings is 1. The first-order valence-corrected chi connectivity index (χ1v) is 4.82. The van der Waals surface area contributed by atoms with E-state index in [9.17, 15) is 5.11 Å². The topological polar surface area (TPSA) is 29.5 Å². The second-order valence-electron chi connectivity index (χ2n) is 2.45. The minimum Gasteiger partial charge on any atom is -0.504 e. The number of aryl methyl sites for hydroxylation is 1. The van der Waals surface area contributed by atoms with Gasteiger partial charge in [-0.15, -0.1) is 0 Å². The molecule has 0 saturated carbocycles. The van der Waals surface area contributed by atoms with Crippen molar-refractivity contribution in [2.45, 2.75) is 6.42 Å². The van der Waals surface area contributed by atoms with Crippen LogP contribution in [0.4, 0.5) is 0 Å². The fourth-order valence-corrected chi connectivity index (χ4v) is 1.46. The van der Waals surface area contributed by atoms with E-state index in [0.717, 1.165) is 17.3 Å². The number of aromatic hydroxyl groups is 1. The Morgan fingerprint density at radius 2 is 2.25 bits per heavy atom. The summed E-state index contributed by atoms with van der Waals surface area (Å²) in [5, 5.41) is 10.3. The Morgan fingerprint density at radius 3 is 2.75 bits per heavy atom. The highest BCUT2D eigenvalue weighted by Gasteiger charge is 2.00. The fraction of sp³-hybridized carbons (Fsp3) is 0.333. The van der Waals surface area contributed by atoms with Crippen molar-refractivity contribution in [2.24, 2.45) is 0 Å². The summed E-state index contributed by atoms with van der Waals surface area (Å²) in [6.07, 6.45) is 0.914. The number of ether oxygens (including phenoxy) is 1. The monoisotopic (exact) mass is 230 g/mol. The number of alkyl halides is 1. The lowest BCUT2D eigenvalue weighted by molar-refractivity contribution is 0.373. The average molecular weight is 231 g/mol. The molecule has 0 aliphatic heterocycles. The van der Waals surface area contributed by atoms with Crippen LogP contribution in [-0.4, -0.2) is 17.5 Å². The standard InChI is InChI=1S/C9H11BrO2/c1-12-9-3-2-7(4-5-10)6-8(9)11/h2-3,6,11H,4-5H2,1H3. The number of hydrogen-bond acceptors (Lipinski definition) is 2. The van der Waals surface area contributed by atoms with Crippen molar-refractivity contribution in [3.8, 4) is 11.5 Å². The van der Waals surface area contributed by atoms with Crippen LogP contribution in [0.1, 0.15) is 5.56 Å². The number of phenolic OH excluding ortho intramolecular Hbond substituents is 1. The molecule has 0 spiro atoms. The molecule has 12 heavy (non-hydrogen) atoms. The number of hydrogen-bond donors (Lipinski definition) is 1. The number of halogens is 1. The van der Waals surface area contributed by atoms with Crippen molar-refractivity contribution in [2.75, 3.05) is 12.4 Å². The summed E-state index contributed by atoms with van der Waals surface area (Å²) in [5.74, 6) is 0.726. The van der Waals surface area contributed by atoms with E-state index in [1.807, 2.05) is 6.07 Å². The molecule has 0 amide bonds. The Bertz CT molecular complexity index is 261. The molecule has 0 bridgehead atoms. The molecule has 0 aromatic heterocycles. The molecule has 0 aliphatic carbocycles. The molecule has 1 aromatic rings. The second kappa shape index (κ2) is 4.36. The van der Waals surface area contributed by atoms with Gasteiger partial charge >= 0.3 is 0 Å². The lowest BCUT2D eigenvalue weighted by Crippen LogP contribution is -1.88. The zero-order valence-electron chi connectivity index (χ0n) is 6.88. The highest BCUT2D eigenvalue weighted by Crippen LogP contribution is 2.26. The average Bonchev–Trinajstić information content (AvgIpc) is 2.05. The van der Waals surface area contributed by atoms with Crippen LogP contribution in [0.2, 0.25) is 0 Å². The Balaban J connectivity index is 2.86. The summed E-state index contributed by atoms with van der Waals surface area (Å²) >= 11 is 3.33. The van der Waals surface area contributed by atoms with E-state index < -0.39 is 0 Å². The van der Waals surface area contributed by atoms with Gasteiger partial charge in [0.25, 0.3) is 0 Å². The SMILES string of the molecule is COc1ccc(CCBr)cc1O. The Hall–Kier alpha value is -0.700. The van der Waals surface area contributed by atoms with Crippen molar-refractivity contribution in [1.82, 2.24) is 0 Å². The van der Waals surface area contributed by atoms with Gasteiger partial charge in [0.05, 0.1) is 7.11 Å². The molecule has 66 valence electrons. The van der Waals surface area contributed by atoms with Gasteiger partial charge in [0.1, 0.15) is 0 Å². The summed E-state index contributed by atoms with van der Waals surface area (Å²) in [5.41, 5.74) is 1.10. The number of rotatable bonds is 3. The Morgan fingerprint density at radius 1 is 1.50 bits per heavy atom. The Kier molecular flexibility index (Phi) is 3.41. The van der Waals surface area contributed by atoms with E-state index in [1.54, 1.807) is 19.2 Å². The van der Waals surface area contributed by atoms with Crippen LogP contribution in [0.3, 0.4) is 0 Å². The molecule has 0 heterocycles. The molecule has 3 heteroatoms. The van der Waals surface area contributed by atoms with Crippen LogP contribution < -0.4 is 4.74 Å². The lowest BCUT2D eigenvalue weighted by atomic mass is 10.1. The zero-order valence-corrected chi connectivity index (χ0v) is 8.47. The van der Waals surface area contributed by atoms with Gasteiger partial charge in [-0.1, -0.05) is 22.0 Å². The van der Waals surface area contributed by atoms with Crippen molar-refractivity contribution < 1.29 is 9.84 Å². The smallest absolute Gasteiger partial charge is 0.160 e. The molecule has 0 radical (unpaired) electrons. The highest BCUT2D eigenvalue weighted by molar-refractivity contribution is 9.09. The molecule has 1 rings (SSSR count). The maximum Gasteiger partial charge on any atom is 0.160 e. The van der Waals surface area contributed by atoms with E-state index >= 15 is 0 Å².